The van der Waals surface area contributed by atoms with Crippen LogP contribution in [0.3, 0.4) is 0 Å². The van der Waals surface area contributed by atoms with E-state index in [4.69, 9.17) is 0 Å². The van der Waals surface area contributed by atoms with Gasteiger partial charge in [-0.1, -0.05) is 31.2 Å². The Hall–Kier alpha value is -2.27. The lowest BCUT2D eigenvalue weighted by molar-refractivity contribution is 0.0610. The largest absolute Gasteiger partial charge is 0.332 e. The molecule has 138 valence electrons. The predicted molar refractivity (Wildman–Crippen MR) is 103 cm³/mol. The highest BCUT2D eigenvalue weighted by Crippen LogP contribution is 2.32. The van der Waals surface area contributed by atoms with E-state index in [-0.39, 0.29) is 11.9 Å². The highest BCUT2D eigenvalue weighted by atomic mass is 16.2. The fraction of sp³-hybridized carbons (Fsp3) is 0.476. The number of amides is 1. The molecule has 0 N–H and O–H groups in total. The number of likely N-dealkylation sites (tertiary alicyclic amines) is 1. The molecular formula is C21H28N4O. The Bertz CT molecular complexity index is 725. The Morgan fingerprint density at radius 1 is 1.15 bits per heavy atom. The number of carbonyl (C=O) groups excluding carboxylic acids is 1. The van der Waals surface area contributed by atoms with Crippen LogP contribution in [-0.2, 0) is 13.0 Å². The lowest BCUT2D eigenvalue weighted by Crippen LogP contribution is -2.38. The summed E-state index contributed by atoms with van der Waals surface area (Å²) in [4.78, 5) is 25.8. The third-order valence-electron chi connectivity index (χ3n) is 4.90. The van der Waals surface area contributed by atoms with Gasteiger partial charge in [-0.25, -0.2) is 9.97 Å². The summed E-state index contributed by atoms with van der Waals surface area (Å²) in [6, 6.07) is 8.82. The molecule has 2 heterocycles. The van der Waals surface area contributed by atoms with Gasteiger partial charge in [-0.15, -0.1) is 0 Å². The molecular weight excluding hydrogens is 324 g/mol. The van der Waals surface area contributed by atoms with Gasteiger partial charge >= 0.3 is 0 Å². The van der Waals surface area contributed by atoms with Crippen molar-refractivity contribution < 1.29 is 4.79 Å². The number of piperidine rings is 1. The van der Waals surface area contributed by atoms with Crippen molar-refractivity contribution in [2.45, 2.75) is 45.2 Å². The van der Waals surface area contributed by atoms with Gasteiger partial charge < -0.3 is 9.80 Å². The number of aryl methyl sites for hydroxylation is 1. The van der Waals surface area contributed by atoms with E-state index in [0.29, 0.717) is 5.56 Å². The van der Waals surface area contributed by atoms with Crippen molar-refractivity contribution >= 4 is 5.91 Å². The molecule has 1 aliphatic rings. The minimum Gasteiger partial charge on any atom is -0.332 e. The molecule has 0 spiro atoms. The van der Waals surface area contributed by atoms with Crippen LogP contribution in [0.4, 0.5) is 0 Å². The SMILES string of the molecule is CCc1ncc(C(=O)N2CCCC[C@H]2c2ccc(CN(C)C)cc2)cn1. The van der Waals surface area contributed by atoms with E-state index in [1.165, 1.54) is 11.1 Å². The van der Waals surface area contributed by atoms with E-state index in [1.54, 1.807) is 12.4 Å². The van der Waals surface area contributed by atoms with Crippen molar-refractivity contribution in [2.75, 3.05) is 20.6 Å². The van der Waals surface area contributed by atoms with Gasteiger partial charge in [0.1, 0.15) is 5.82 Å². The fourth-order valence-corrected chi connectivity index (χ4v) is 3.55. The maximum atomic E-state index is 13.0. The van der Waals surface area contributed by atoms with E-state index >= 15 is 0 Å². The molecule has 1 fully saturated rings. The Morgan fingerprint density at radius 2 is 1.85 bits per heavy atom. The molecule has 0 radical (unpaired) electrons. The standard InChI is InChI=1S/C21H28N4O/c1-4-20-22-13-18(14-23-20)21(26)25-12-6-5-7-19(25)17-10-8-16(9-11-17)15-24(2)3/h8-11,13-14,19H,4-7,12,15H2,1-3H3/t19-/m0/s1. The third kappa shape index (κ3) is 4.28. The molecule has 3 rings (SSSR count). The monoisotopic (exact) mass is 352 g/mol. The summed E-state index contributed by atoms with van der Waals surface area (Å²) in [7, 11) is 4.14. The minimum atomic E-state index is 0.0368. The Morgan fingerprint density at radius 3 is 2.46 bits per heavy atom. The molecule has 5 heteroatoms. The van der Waals surface area contributed by atoms with Crippen molar-refractivity contribution in [1.29, 1.82) is 0 Å². The number of nitrogens with zero attached hydrogens (tertiary/aromatic N) is 4. The molecule has 0 saturated carbocycles. The maximum absolute atomic E-state index is 13.0. The first-order chi connectivity index (χ1) is 12.6. The smallest absolute Gasteiger partial charge is 0.257 e. The quantitative estimate of drug-likeness (QED) is 0.827. The molecule has 0 aliphatic carbocycles. The molecule has 0 unspecified atom stereocenters. The van der Waals surface area contributed by atoms with Gasteiger partial charge in [0.2, 0.25) is 0 Å². The molecule has 2 aromatic rings. The zero-order valence-electron chi connectivity index (χ0n) is 16.0. The van der Waals surface area contributed by atoms with Crippen molar-refractivity contribution in [2.24, 2.45) is 0 Å². The van der Waals surface area contributed by atoms with Crippen LogP contribution >= 0.6 is 0 Å². The van der Waals surface area contributed by atoms with Crippen LogP contribution in [0, 0.1) is 0 Å². The number of carbonyl (C=O) groups is 1. The molecule has 1 saturated heterocycles. The molecule has 1 amide bonds. The first-order valence-corrected chi connectivity index (χ1v) is 9.44. The summed E-state index contributed by atoms with van der Waals surface area (Å²) in [5.74, 6) is 0.808. The second kappa shape index (κ2) is 8.41. The van der Waals surface area contributed by atoms with E-state index in [0.717, 1.165) is 44.6 Å². The molecule has 1 atom stereocenters. The van der Waals surface area contributed by atoms with Crippen molar-refractivity contribution in [3.8, 4) is 0 Å². The summed E-state index contributed by atoms with van der Waals surface area (Å²) in [6.45, 7) is 3.73. The van der Waals surface area contributed by atoms with Crippen molar-refractivity contribution in [3.63, 3.8) is 0 Å². The average Bonchev–Trinajstić information content (AvgIpc) is 2.68. The van der Waals surface area contributed by atoms with Crippen LogP contribution in [0.15, 0.2) is 36.7 Å². The topological polar surface area (TPSA) is 49.3 Å². The fourth-order valence-electron chi connectivity index (χ4n) is 3.55. The van der Waals surface area contributed by atoms with Gasteiger partial charge in [-0.3, -0.25) is 4.79 Å². The normalized spacial score (nSPS) is 17.5. The van der Waals surface area contributed by atoms with Gasteiger partial charge in [0.05, 0.1) is 11.6 Å². The number of benzene rings is 1. The van der Waals surface area contributed by atoms with Gasteiger partial charge in [-0.05, 0) is 44.5 Å². The Kier molecular flexibility index (Phi) is 5.99. The zero-order chi connectivity index (χ0) is 18.5. The molecule has 1 aromatic carbocycles. The van der Waals surface area contributed by atoms with Crippen molar-refractivity contribution in [3.05, 3.63) is 59.2 Å². The summed E-state index contributed by atoms with van der Waals surface area (Å²) in [6.07, 6.45) is 7.32. The number of aromatic nitrogens is 2. The van der Waals surface area contributed by atoms with Crippen molar-refractivity contribution in [1.82, 2.24) is 19.8 Å². The van der Waals surface area contributed by atoms with E-state index in [9.17, 15) is 4.79 Å². The predicted octanol–water partition coefficient (Wildman–Crippen LogP) is 3.47. The Labute approximate surface area is 156 Å². The van der Waals surface area contributed by atoms with Crippen LogP contribution in [0.25, 0.3) is 0 Å². The number of hydrogen-bond donors (Lipinski definition) is 0. The number of rotatable bonds is 5. The van der Waals surface area contributed by atoms with Gasteiger partial charge in [0.15, 0.2) is 0 Å². The van der Waals surface area contributed by atoms with Gasteiger partial charge in [0.25, 0.3) is 5.91 Å². The second-order valence-corrected chi connectivity index (χ2v) is 7.23. The maximum Gasteiger partial charge on any atom is 0.257 e. The summed E-state index contributed by atoms with van der Waals surface area (Å²) in [5.41, 5.74) is 3.08. The second-order valence-electron chi connectivity index (χ2n) is 7.23. The average molecular weight is 352 g/mol. The molecule has 26 heavy (non-hydrogen) atoms. The molecule has 1 aliphatic heterocycles. The van der Waals surface area contributed by atoms with Crippen LogP contribution in [0.1, 0.15) is 59.5 Å². The Balaban J connectivity index is 1.79. The minimum absolute atomic E-state index is 0.0368. The molecule has 5 nitrogen and oxygen atoms in total. The van der Waals surface area contributed by atoms with E-state index < -0.39 is 0 Å². The highest BCUT2D eigenvalue weighted by Gasteiger charge is 2.29. The third-order valence-corrected chi connectivity index (χ3v) is 4.90. The number of hydrogen-bond acceptors (Lipinski definition) is 4. The van der Waals surface area contributed by atoms with Crippen LogP contribution < -0.4 is 0 Å². The first-order valence-electron chi connectivity index (χ1n) is 9.44. The van der Waals surface area contributed by atoms with E-state index in [2.05, 4.69) is 53.2 Å². The zero-order valence-corrected chi connectivity index (χ0v) is 16.0. The summed E-state index contributed by atoms with van der Waals surface area (Å²) in [5, 5.41) is 0. The van der Waals surface area contributed by atoms with Crippen LogP contribution in [-0.4, -0.2) is 46.3 Å². The van der Waals surface area contributed by atoms with E-state index in [1.807, 2.05) is 11.8 Å². The molecule has 1 aromatic heterocycles. The van der Waals surface area contributed by atoms with Crippen LogP contribution in [0.2, 0.25) is 0 Å². The van der Waals surface area contributed by atoms with Gasteiger partial charge in [0, 0.05) is 31.9 Å². The van der Waals surface area contributed by atoms with Gasteiger partial charge in [-0.2, -0.15) is 0 Å². The lowest BCUT2D eigenvalue weighted by Gasteiger charge is -2.36. The summed E-state index contributed by atoms with van der Waals surface area (Å²) < 4.78 is 0. The highest BCUT2D eigenvalue weighted by molar-refractivity contribution is 5.94. The molecule has 0 bridgehead atoms. The van der Waals surface area contributed by atoms with Crippen LogP contribution in [0.5, 0.6) is 0 Å². The lowest BCUT2D eigenvalue weighted by atomic mass is 9.94. The summed E-state index contributed by atoms with van der Waals surface area (Å²) >= 11 is 0. The first kappa shape index (κ1) is 18.5.